The molecule has 1 heterocycles. The number of carbonyl (C=O) groups is 2. The minimum Gasteiger partial charge on any atom is -0.495 e. The molecule has 0 spiro atoms. The van der Waals surface area contributed by atoms with Crippen LogP contribution in [0.5, 0.6) is 5.75 Å². The van der Waals surface area contributed by atoms with Crippen LogP contribution in [0.4, 0.5) is 10.5 Å². The summed E-state index contributed by atoms with van der Waals surface area (Å²) in [6.07, 6.45) is 1.66. The maximum absolute atomic E-state index is 13.5. The number of methoxy groups -OCH3 is 1. The van der Waals surface area contributed by atoms with Crippen molar-refractivity contribution >= 4 is 17.7 Å². The highest BCUT2D eigenvalue weighted by Crippen LogP contribution is 2.68. The van der Waals surface area contributed by atoms with Crippen LogP contribution >= 0.6 is 0 Å². The second kappa shape index (κ2) is 7.87. The summed E-state index contributed by atoms with van der Waals surface area (Å²) in [4.78, 5) is 28.4. The number of ether oxygens (including phenoxy) is 1. The number of benzene rings is 3. The van der Waals surface area contributed by atoms with E-state index in [0.29, 0.717) is 18.0 Å². The number of amides is 2. The lowest BCUT2D eigenvalue weighted by molar-refractivity contribution is -0.157. The van der Waals surface area contributed by atoms with Gasteiger partial charge in [0.2, 0.25) is 0 Å². The van der Waals surface area contributed by atoms with Crippen molar-refractivity contribution in [1.82, 2.24) is 4.90 Å². The van der Waals surface area contributed by atoms with Gasteiger partial charge in [0.1, 0.15) is 5.75 Å². The molecule has 6 nitrogen and oxygen atoms in total. The third kappa shape index (κ3) is 2.89. The van der Waals surface area contributed by atoms with Gasteiger partial charge >= 0.3 is 12.0 Å². The second-order valence-corrected chi connectivity index (χ2v) is 9.92. The number of carboxylic acids is 1. The number of urea groups is 1. The van der Waals surface area contributed by atoms with E-state index in [4.69, 9.17) is 4.74 Å². The Morgan fingerprint density at radius 2 is 1.71 bits per heavy atom. The normalized spacial score (nSPS) is 28.2. The molecule has 35 heavy (non-hydrogen) atoms. The molecule has 4 unspecified atom stereocenters. The smallest absolute Gasteiger partial charge is 0.321 e. The summed E-state index contributed by atoms with van der Waals surface area (Å²) in [6.45, 7) is 0.564. The zero-order valence-corrected chi connectivity index (χ0v) is 19.6. The Morgan fingerprint density at radius 1 is 1.00 bits per heavy atom. The monoisotopic (exact) mass is 468 g/mol. The molecule has 3 aromatic rings. The van der Waals surface area contributed by atoms with E-state index in [1.54, 1.807) is 24.1 Å². The highest BCUT2D eigenvalue weighted by molar-refractivity contribution is 5.92. The number of carbonyl (C=O) groups excluding carboxylic acids is 1. The van der Waals surface area contributed by atoms with Gasteiger partial charge in [-0.3, -0.25) is 4.79 Å². The Hall–Kier alpha value is -3.80. The minimum absolute atomic E-state index is 0.129. The Labute approximate surface area is 204 Å². The van der Waals surface area contributed by atoms with Crippen LogP contribution < -0.4 is 10.1 Å². The van der Waals surface area contributed by atoms with Gasteiger partial charge in [-0.25, -0.2) is 4.79 Å². The Kier molecular flexibility index (Phi) is 4.88. The number of hydrogen-bond acceptors (Lipinski definition) is 3. The number of aliphatic carboxylic acids is 1. The van der Waals surface area contributed by atoms with Gasteiger partial charge in [0.25, 0.3) is 0 Å². The SMILES string of the molecule is COc1ccccc1NC(=O)N1CC2C3(c4ccccc4)CCC(c4ccccc43)C2(C(=O)O)C1. The molecule has 1 aliphatic heterocycles. The van der Waals surface area contributed by atoms with E-state index in [0.717, 1.165) is 24.0 Å². The summed E-state index contributed by atoms with van der Waals surface area (Å²) < 4.78 is 5.39. The molecule has 0 radical (unpaired) electrons. The topological polar surface area (TPSA) is 78.9 Å². The van der Waals surface area contributed by atoms with Crippen LogP contribution in [-0.4, -0.2) is 42.2 Å². The molecular formula is C29H28N2O4. The first-order chi connectivity index (χ1) is 17.0. The molecule has 6 heteroatoms. The molecule has 2 bridgehead atoms. The van der Waals surface area contributed by atoms with E-state index < -0.39 is 16.8 Å². The van der Waals surface area contributed by atoms with Crippen LogP contribution in [0.2, 0.25) is 0 Å². The fourth-order valence-electron chi connectivity index (χ4n) is 7.29. The van der Waals surface area contributed by atoms with Gasteiger partial charge in [0.05, 0.1) is 18.2 Å². The number of rotatable bonds is 4. The van der Waals surface area contributed by atoms with Crippen molar-refractivity contribution in [2.75, 3.05) is 25.5 Å². The summed E-state index contributed by atoms with van der Waals surface area (Å²) in [5, 5.41) is 13.8. The van der Waals surface area contributed by atoms with Gasteiger partial charge in [-0.1, -0.05) is 66.7 Å². The highest BCUT2D eigenvalue weighted by Gasteiger charge is 2.70. The predicted molar refractivity (Wildman–Crippen MR) is 133 cm³/mol. The van der Waals surface area contributed by atoms with Crippen LogP contribution in [-0.2, 0) is 10.2 Å². The standard InChI is InChI=1S/C29H28N2O4/c1-35-24-14-8-7-13-23(24)30-27(34)31-17-25-28(19-9-3-2-4-10-19)16-15-22(29(25,18-31)26(32)33)20-11-5-6-12-21(20)28/h2-14,22,25H,15-18H2,1H3,(H,30,34)(H,32,33). The number of anilines is 1. The third-order valence-corrected chi connectivity index (χ3v) is 8.66. The van der Waals surface area contributed by atoms with E-state index in [1.165, 1.54) is 5.56 Å². The summed E-state index contributed by atoms with van der Waals surface area (Å²) in [5.41, 5.74) is 2.55. The minimum atomic E-state index is -1.04. The quantitative estimate of drug-likeness (QED) is 0.558. The van der Waals surface area contributed by atoms with E-state index in [9.17, 15) is 14.7 Å². The largest absolute Gasteiger partial charge is 0.495 e. The van der Waals surface area contributed by atoms with Crippen LogP contribution in [0.25, 0.3) is 0 Å². The molecule has 4 atom stereocenters. The van der Waals surface area contributed by atoms with Crippen molar-refractivity contribution in [1.29, 1.82) is 0 Å². The lowest BCUT2D eigenvalue weighted by Crippen LogP contribution is -2.60. The Balaban J connectivity index is 1.46. The number of hydrogen-bond donors (Lipinski definition) is 2. The van der Waals surface area contributed by atoms with Gasteiger partial charge in [-0.05, 0) is 41.7 Å². The number of nitrogens with zero attached hydrogens (tertiary/aromatic N) is 1. The van der Waals surface area contributed by atoms with Crippen LogP contribution in [0, 0.1) is 11.3 Å². The molecule has 1 saturated carbocycles. The Morgan fingerprint density at radius 3 is 2.49 bits per heavy atom. The van der Waals surface area contributed by atoms with Gasteiger partial charge in [0, 0.05) is 30.3 Å². The summed E-state index contributed by atoms with van der Waals surface area (Å²) >= 11 is 0. The molecule has 3 aromatic carbocycles. The lowest BCUT2D eigenvalue weighted by atomic mass is 9.42. The molecule has 178 valence electrons. The van der Waals surface area contributed by atoms with Gasteiger partial charge < -0.3 is 20.1 Å². The third-order valence-electron chi connectivity index (χ3n) is 8.66. The van der Waals surface area contributed by atoms with Gasteiger partial charge in [-0.2, -0.15) is 0 Å². The first-order valence-corrected chi connectivity index (χ1v) is 12.1. The molecular weight excluding hydrogens is 440 g/mol. The van der Waals surface area contributed by atoms with Gasteiger partial charge in [0.15, 0.2) is 0 Å². The van der Waals surface area contributed by atoms with E-state index in [-0.39, 0.29) is 24.4 Å². The van der Waals surface area contributed by atoms with Crippen LogP contribution in [0.1, 0.15) is 35.4 Å². The number of nitrogens with one attached hydrogen (secondary N) is 1. The molecule has 2 fully saturated rings. The van der Waals surface area contributed by atoms with Crippen molar-refractivity contribution in [3.8, 4) is 5.75 Å². The van der Waals surface area contributed by atoms with Crippen molar-refractivity contribution in [3.63, 3.8) is 0 Å². The molecule has 3 aliphatic carbocycles. The van der Waals surface area contributed by atoms with Crippen LogP contribution in [0.3, 0.4) is 0 Å². The average Bonchev–Trinajstić information content (AvgIpc) is 3.34. The van der Waals surface area contributed by atoms with E-state index >= 15 is 0 Å². The highest BCUT2D eigenvalue weighted by atomic mass is 16.5. The van der Waals surface area contributed by atoms with Crippen LogP contribution in [0.15, 0.2) is 78.9 Å². The first-order valence-electron chi connectivity index (χ1n) is 12.1. The molecule has 7 rings (SSSR count). The number of carboxylic acid groups (broad SMARTS) is 1. The lowest BCUT2D eigenvalue weighted by Gasteiger charge is -2.59. The molecule has 2 amide bonds. The maximum Gasteiger partial charge on any atom is 0.321 e. The fourth-order valence-corrected chi connectivity index (χ4v) is 7.29. The maximum atomic E-state index is 13.5. The molecule has 2 N–H and O–H groups in total. The number of fused-ring (bicyclic) bond motifs is 1. The zero-order chi connectivity index (χ0) is 24.2. The average molecular weight is 469 g/mol. The van der Waals surface area contributed by atoms with E-state index in [2.05, 4.69) is 29.6 Å². The zero-order valence-electron chi connectivity index (χ0n) is 19.6. The molecule has 1 saturated heterocycles. The van der Waals surface area contributed by atoms with Crippen molar-refractivity contribution in [2.24, 2.45) is 11.3 Å². The van der Waals surface area contributed by atoms with Crippen molar-refractivity contribution in [3.05, 3.63) is 95.6 Å². The van der Waals surface area contributed by atoms with Gasteiger partial charge in [-0.15, -0.1) is 0 Å². The first kappa shape index (κ1) is 21.7. The Bertz CT molecular complexity index is 1310. The summed E-state index contributed by atoms with van der Waals surface area (Å²) in [6, 6.07) is 25.6. The molecule has 0 aromatic heterocycles. The number of para-hydroxylation sites is 2. The second-order valence-electron chi connectivity index (χ2n) is 9.92. The van der Waals surface area contributed by atoms with Crippen molar-refractivity contribution < 1.29 is 19.4 Å². The summed E-state index contributed by atoms with van der Waals surface area (Å²) in [7, 11) is 1.56. The van der Waals surface area contributed by atoms with E-state index in [1.807, 2.05) is 42.5 Å². The fraction of sp³-hybridized carbons (Fsp3) is 0.310. The summed E-state index contributed by atoms with van der Waals surface area (Å²) in [5.74, 6) is -0.601. The predicted octanol–water partition coefficient (Wildman–Crippen LogP) is 5.11. The van der Waals surface area contributed by atoms with Crippen molar-refractivity contribution in [2.45, 2.75) is 24.2 Å². The molecule has 4 aliphatic rings. The number of likely N-dealkylation sites (tertiary alicyclic amines) is 1.